The highest BCUT2D eigenvalue weighted by Crippen LogP contribution is 2.27. The molecule has 1 N–H and O–H groups in total. The van der Waals surface area contributed by atoms with Gasteiger partial charge in [-0.1, -0.05) is 28.1 Å². The van der Waals surface area contributed by atoms with E-state index in [1.807, 2.05) is 7.05 Å². The smallest absolute Gasteiger partial charge is 0.193 e. The Labute approximate surface area is 141 Å². The molecule has 106 valence electrons. The topological polar surface area (TPSA) is 27.6 Å². The van der Waals surface area contributed by atoms with E-state index in [0.29, 0.717) is 0 Å². The summed E-state index contributed by atoms with van der Waals surface area (Å²) in [6.45, 7) is 1.93. The van der Waals surface area contributed by atoms with Gasteiger partial charge < -0.3 is 10.2 Å². The van der Waals surface area contributed by atoms with Crippen molar-refractivity contribution in [1.82, 2.24) is 10.2 Å². The zero-order valence-corrected chi connectivity index (χ0v) is 15.3. The van der Waals surface area contributed by atoms with Gasteiger partial charge in [-0.05, 0) is 36.5 Å². The monoisotopic (exact) mass is 437 g/mol. The molecule has 19 heavy (non-hydrogen) atoms. The average Bonchev–Trinajstić information content (AvgIpc) is 3.17. The molecule has 0 amide bonds. The van der Waals surface area contributed by atoms with Crippen LogP contribution in [0.25, 0.3) is 0 Å². The number of nitrogens with one attached hydrogen (secondary N) is 1. The van der Waals surface area contributed by atoms with Gasteiger partial charge in [0.2, 0.25) is 0 Å². The second-order valence-corrected chi connectivity index (χ2v) is 5.77. The highest BCUT2D eigenvalue weighted by Gasteiger charge is 2.21. The molecule has 0 unspecified atom stereocenters. The van der Waals surface area contributed by atoms with E-state index >= 15 is 0 Å². The molecule has 1 saturated carbocycles. The van der Waals surface area contributed by atoms with Crippen LogP contribution in [0.4, 0.5) is 0 Å². The Morgan fingerprint density at radius 3 is 2.53 bits per heavy atom. The molecule has 0 aromatic heterocycles. The van der Waals surface area contributed by atoms with E-state index in [1.54, 1.807) is 0 Å². The van der Waals surface area contributed by atoms with Gasteiger partial charge in [0.25, 0.3) is 0 Å². The van der Waals surface area contributed by atoms with Gasteiger partial charge >= 0.3 is 0 Å². The Hall–Kier alpha value is -0.300. The first-order valence-electron chi connectivity index (χ1n) is 6.35. The molecule has 1 aliphatic carbocycles. The lowest BCUT2D eigenvalue weighted by Gasteiger charge is -2.22. The van der Waals surface area contributed by atoms with Crippen LogP contribution in [-0.2, 0) is 6.54 Å². The molecular weight excluding hydrogens is 417 g/mol. The summed E-state index contributed by atoms with van der Waals surface area (Å²) >= 11 is 3.45. The summed E-state index contributed by atoms with van der Waals surface area (Å²) in [5.74, 6) is 1.84. The van der Waals surface area contributed by atoms with Crippen molar-refractivity contribution >= 4 is 45.9 Å². The molecule has 1 fully saturated rings. The summed E-state index contributed by atoms with van der Waals surface area (Å²) in [5, 5.41) is 3.43. The minimum absolute atomic E-state index is 0. The van der Waals surface area contributed by atoms with Crippen molar-refractivity contribution in [3.05, 3.63) is 34.3 Å². The van der Waals surface area contributed by atoms with Crippen LogP contribution in [0.3, 0.4) is 0 Å². The molecule has 1 aliphatic rings. The van der Waals surface area contributed by atoms with Crippen molar-refractivity contribution < 1.29 is 0 Å². The molecule has 2 rings (SSSR count). The zero-order valence-electron chi connectivity index (χ0n) is 11.4. The predicted octanol–water partition coefficient (Wildman–Crippen LogP) is 3.48. The summed E-state index contributed by atoms with van der Waals surface area (Å²) in [6.07, 6.45) is 2.72. The molecule has 0 atom stereocenters. The minimum Gasteiger partial charge on any atom is -0.356 e. The van der Waals surface area contributed by atoms with Crippen LogP contribution in [0.2, 0.25) is 0 Å². The average molecular weight is 438 g/mol. The Balaban J connectivity index is 0.00000180. The van der Waals surface area contributed by atoms with Crippen molar-refractivity contribution in [1.29, 1.82) is 0 Å². The standard InChI is InChI=1S/C14H20BrN3.HI/c1-16-14(17-9-11-3-4-11)18(2)10-12-5-7-13(15)8-6-12;/h5-8,11H,3-4,9-10H2,1-2H3,(H,16,17);1H. The van der Waals surface area contributed by atoms with Gasteiger partial charge in [-0.25, -0.2) is 0 Å². The highest BCUT2D eigenvalue weighted by atomic mass is 127. The third-order valence-electron chi connectivity index (χ3n) is 3.15. The van der Waals surface area contributed by atoms with E-state index in [4.69, 9.17) is 0 Å². The predicted molar refractivity (Wildman–Crippen MR) is 95.1 cm³/mol. The molecule has 0 aliphatic heterocycles. The molecule has 0 heterocycles. The first-order chi connectivity index (χ1) is 8.69. The quantitative estimate of drug-likeness (QED) is 0.443. The van der Waals surface area contributed by atoms with E-state index in [0.717, 1.165) is 29.4 Å². The molecular formula is C14H21BrIN3. The summed E-state index contributed by atoms with van der Waals surface area (Å²) in [7, 11) is 3.91. The molecule has 0 bridgehead atoms. The van der Waals surface area contributed by atoms with Crippen LogP contribution in [0.1, 0.15) is 18.4 Å². The van der Waals surface area contributed by atoms with Crippen LogP contribution in [0.5, 0.6) is 0 Å². The van der Waals surface area contributed by atoms with Crippen molar-refractivity contribution in [3.8, 4) is 0 Å². The lowest BCUT2D eigenvalue weighted by Crippen LogP contribution is -2.39. The number of benzene rings is 1. The van der Waals surface area contributed by atoms with Gasteiger partial charge in [-0.15, -0.1) is 24.0 Å². The molecule has 5 heteroatoms. The van der Waals surface area contributed by atoms with Crippen molar-refractivity contribution in [3.63, 3.8) is 0 Å². The van der Waals surface area contributed by atoms with Crippen LogP contribution >= 0.6 is 39.9 Å². The molecule has 1 aromatic rings. The third kappa shape index (κ3) is 5.69. The number of hydrogen-bond donors (Lipinski definition) is 1. The molecule has 1 aromatic carbocycles. The lowest BCUT2D eigenvalue weighted by atomic mass is 10.2. The highest BCUT2D eigenvalue weighted by molar-refractivity contribution is 14.0. The van der Waals surface area contributed by atoms with Crippen molar-refractivity contribution in [2.45, 2.75) is 19.4 Å². The largest absolute Gasteiger partial charge is 0.356 e. The fraction of sp³-hybridized carbons (Fsp3) is 0.500. The van der Waals surface area contributed by atoms with Crippen molar-refractivity contribution in [2.24, 2.45) is 10.9 Å². The minimum atomic E-state index is 0. The van der Waals surface area contributed by atoms with Gasteiger partial charge in [0.05, 0.1) is 0 Å². The Morgan fingerprint density at radius 2 is 2.00 bits per heavy atom. The van der Waals surface area contributed by atoms with Crippen LogP contribution < -0.4 is 5.32 Å². The Bertz CT molecular complexity index is 415. The lowest BCUT2D eigenvalue weighted by molar-refractivity contribution is 0.474. The van der Waals surface area contributed by atoms with E-state index < -0.39 is 0 Å². The van der Waals surface area contributed by atoms with Gasteiger partial charge in [-0.3, -0.25) is 4.99 Å². The zero-order chi connectivity index (χ0) is 13.0. The number of halogens is 2. The molecule has 3 nitrogen and oxygen atoms in total. The van der Waals surface area contributed by atoms with Gasteiger partial charge in [0.1, 0.15) is 0 Å². The summed E-state index contributed by atoms with van der Waals surface area (Å²) in [6, 6.07) is 8.41. The summed E-state index contributed by atoms with van der Waals surface area (Å²) in [4.78, 5) is 6.48. The first kappa shape index (κ1) is 16.8. The van der Waals surface area contributed by atoms with E-state index in [-0.39, 0.29) is 24.0 Å². The Morgan fingerprint density at radius 1 is 1.37 bits per heavy atom. The van der Waals surface area contributed by atoms with Gasteiger partial charge in [-0.2, -0.15) is 0 Å². The van der Waals surface area contributed by atoms with Crippen LogP contribution in [-0.4, -0.2) is 31.5 Å². The van der Waals surface area contributed by atoms with E-state index in [1.165, 1.54) is 18.4 Å². The normalized spacial score (nSPS) is 14.8. The number of nitrogens with zero attached hydrogens (tertiary/aromatic N) is 2. The van der Waals surface area contributed by atoms with Gasteiger partial charge in [0.15, 0.2) is 5.96 Å². The maximum absolute atomic E-state index is 4.32. The van der Waals surface area contributed by atoms with Crippen molar-refractivity contribution in [2.75, 3.05) is 20.6 Å². The Kier molecular flexibility index (Phi) is 7.13. The maximum atomic E-state index is 4.32. The fourth-order valence-electron chi connectivity index (χ4n) is 1.88. The van der Waals surface area contributed by atoms with Gasteiger partial charge in [0, 0.05) is 31.7 Å². The summed E-state index contributed by atoms with van der Waals surface area (Å²) < 4.78 is 1.12. The van der Waals surface area contributed by atoms with E-state index in [9.17, 15) is 0 Å². The first-order valence-corrected chi connectivity index (χ1v) is 7.14. The second kappa shape index (κ2) is 8.09. The van der Waals surface area contributed by atoms with Crippen LogP contribution in [0.15, 0.2) is 33.7 Å². The molecule has 0 saturated heterocycles. The summed E-state index contributed by atoms with van der Waals surface area (Å²) in [5.41, 5.74) is 1.29. The second-order valence-electron chi connectivity index (χ2n) is 4.85. The van der Waals surface area contributed by atoms with E-state index in [2.05, 4.69) is 62.5 Å². The SMILES string of the molecule is CN=C(NCC1CC1)N(C)Cc1ccc(Br)cc1.I. The molecule has 0 spiro atoms. The number of aliphatic imine (C=N–C) groups is 1. The number of guanidine groups is 1. The molecule has 0 radical (unpaired) electrons. The maximum Gasteiger partial charge on any atom is 0.193 e. The van der Waals surface area contributed by atoms with Crippen LogP contribution in [0, 0.1) is 5.92 Å². The third-order valence-corrected chi connectivity index (χ3v) is 3.68. The fourth-order valence-corrected chi connectivity index (χ4v) is 2.15. The number of rotatable bonds is 4. The number of hydrogen-bond acceptors (Lipinski definition) is 1.